The highest BCUT2D eigenvalue weighted by Gasteiger charge is 2.06. The summed E-state index contributed by atoms with van der Waals surface area (Å²) in [7, 11) is 0. The van der Waals surface area contributed by atoms with E-state index < -0.39 is 5.91 Å². The van der Waals surface area contributed by atoms with Gasteiger partial charge in [0, 0.05) is 5.69 Å². The normalized spacial score (nSPS) is 10.3. The van der Waals surface area contributed by atoms with Crippen molar-refractivity contribution >= 4 is 35.5 Å². The molecule has 0 spiro atoms. The van der Waals surface area contributed by atoms with Gasteiger partial charge in [-0.3, -0.25) is 9.59 Å². The molecular formula is C16H14N4O3S. The standard InChI is InChI=1S/C16H14N4O3S/c17-9-8-14(21)20-18-10-13-6-7-16(23-13)24-11-15(22)19-12-4-2-1-3-5-12/h1-7,10H,8,11H2,(H,19,22)(H,20,21)/b18-10+. The van der Waals surface area contributed by atoms with Crippen molar-refractivity contribution < 1.29 is 14.0 Å². The van der Waals surface area contributed by atoms with Crippen LogP contribution < -0.4 is 10.7 Å². The van der Waals surface area contributed by atoms with Crippen LogP contribution in [0.15, 0.2) is 57.1 Å². The van der Waals surface area contributed by atoms with E-state index in [1.807, 2.05) is 30.3 Å². The van der Waals surface area contributed by atoms with E-state index >= 15 is 0 Å². The first-order valence-electron chi connectivity index (χ1n) is 6.94. The van der Waals surface area contributed by atoms with Gasteiger partial charge in [0.25, 0.3) is 5.91 Å². The molecule has 0 aliphatic heterocycles. The van der Waals surface area contributed by atoms with Gasteiger partial charge in [-0.25, -0.2) is 5.43 Å². The number of carbonyl (C=O) groups excluding carboxylic acids is 2. The molecule has 0 aliphatic rings. The summed E-state index contributed by atoms with van der Waals surface area (Å²) in [6.07, 6.45) is 1.07. The van der Waals surface area contributed by atoms with Gasteiger partial charge >= 0.3 is 0 Å². The minimum atomic E-state index is -0.493. The molecule has 2 amide bonds. The number of anilines is 1. The molecule has 0 aliphatic carbocycles. The van der Waals surface area contributed by atoms with Crippen LogP contribution >= 0.6 is 11.8 Å². The van der Waals surface area contributed by atoms with Gasteiger partial charge in [0.15, 0.2) is 5.09 Å². The van der Waals surface area contributed by atoms with Gasteiger partial charge < -0.3 is 9.73 Å². The lowest BCUT2D eigenvalue weighted by Crippen LogP contribution is -2.15. The molecule has 1 aromatic heterocycles. The van der Waals surface area contributed by atoms with Crippen LogP contribution in [-0.2, 0) is 9.59 Å². The molecule has 0 atom stereocenters. The number of carbonyl (C=O) groups is 2. The number of para-hydroxylation sites is 1. The zero-order chi connectivity index (χ0) is 17.2. The highest BCUT2D eigenvalue weighted by atomic mass is 32.2. The maximum atomic E-state index is 11.8. The van der Waals surface area contributed by atoms with Crippen LogP contribution in [0.25, 0.3) is 0 Å². The van der Waals surface area contributed by atoms with Gasteiger partial charge in [0.2, 0.25) is 5.91 Å². The second-order valence-electron chi connectivity index (χ2n) is 4.49. The van der Waals surface area contributed by atoms with Crippen molar-refractivity contribution in [1.82, 2.24) is 5.43 Å². The average molecular weight is 342 g/mol. The van der Waals surface area contributed by atoms with Gasteiger partial charge in [-0.2, -0.15) is 10.4 Å². The molecule has 2 aromatic rings. The largest absolute Gasteiger partial charge is 0.449 e. The topological polar surface area (TPSA) is 107 Å². The molecule has 0 unspecified atom stereocenters. The predicted octanol–water partition coefficient (Wildman–Crippen LogP) is 2.37. The zero-order valence-electron chi connectivity index (χ0n) is 12.6. The number of nitrogens with one attached hydrogen (secondary N) is 2. The second kappa shape index (κ2) is 9.17. The third-order valence-corrected chi connectivity index (χ3v) is 3.54. The maximum absolute atomic E-state index is 11.8. The summed E-state index contributed by atoms with van der Waals surface area (Å²) in [6, 6.07) is 14.3. The first-order valence-corrected chi connectivity index (χ1v) is 7.92. The van der Waals surface area contributed by atoms with Crippen LogP contribution in [0.1, 0.15) is 12.2 Å². The van der Waals surface area contributed by atoms with Crippen LogP contribution in [0.4, 0.5) is 5.69 Å². The molecule has 1 heterocycles. The number of amides is 2. The number of nitrogens with zero attached hydrogens (tertiary/aromatic N) is 2. The van der Waals surface area contributed by atoms with Crippen LogP contribution in [0, 0.1) is 11.3 Å². The Morgan fingerprint density at radius 2 is 2.00 bits per heavy atom. The predicted molar refractivity (Wildman–Crippen MR) is 90.5 cm³/mol. The summed E-state index contributed by atoms with van der Waals surface area (Å²) in [5.41, 5.74) is 2.94. The Kier molecular flexibility index (Phi) is 6.61. The minimum absolute atomic E-state index is 0.137. The number of thioether (sulfide) groups is 1. The third-order valence-electron chi connectivity index (χ3n) is 2.63. The first kappa shape index (κ1) is 17.3. The minimum Gasteiger partial charge on any atom is -0.449 e. The quantitative estimate of drug-likeness (QED) is 0.456. The van der Waals surface area contributed by atoms with Crippen molar-refractivity contribution in [2.24, 2.45) is 5.10 Å². The summed E-state index contributed by atoms with van der Waals surface area (Å²) in [5, 5.41) is 15.3. The number of furan rings is 1. The maximum Gasteiger partial charge on any atom is 0.254 e. The van der Waals surface area contributed by atoms with Crippen LogP contribution in [0.3, 0.4) is 0 Å². The van der Waals surface area contributed by atoms with Crippen molar-refractivity contribution in [3.8, 4) is 6.07 Å². The van der Waals surface area contributed by atoms with Crippen LogP contribution in [0.2, 0.25) is 0 Å². The molecule has 2 N–H and O–H groups in total. The molecular weight excluding hydrogens is 328 g/mol. The summed E-state index contributed by atoms with van der Waals surface area (Å²) < 4.78 is 5.44. The molecule has 0 saturated heterocycles. The summed E-state index contributed by atoms with van der Waals surface area (Å²) >= 11 is 1.25. The van der Waals surface area contributed by atoms with Crippen molar-refractivity contribution in [3.63, 3.8) is 0 Å². The van der Waals surface area contributed by atoms with Gasteiger partial charge in [-0.15, -0.1) is 0 Å². The summed E-state index contributed by atoms with van der Waals surface area (Å²) in [6.45, 7) is 0. The van der Waals surface area contributed by atoms with E-state index in [1.165, 1.54) is 18.0 Å². The number of benzene rings is 1. The van der Waals surface area contributed by atoms with E-state index in [1.54, 1.807) is 18.2 Å². The van der Waals surface area contributed by atoms with Crippen LogP contribution in [0.5, 0.6) is 0 Å². The fourth-order valence-corrected chi connectivity index (χ4v) is 2.28. The Hall–Kier alpha value is -3.05. The SMILES string of the molecule is N#CCC(=O)N/N=C/c1ccc(SCC(=O)Nc2ccccc2)o1. The van der Waals surface area contributed by atoms with E-state index in [2.05, 4.69) is 15.8 Å². The molecule has 2 rings (SSSR count). The van der Waals surface area contributed by atoms with Gasteiger partial charge in [-0.1, -0.05) is 30.0 Å². The van der Waals surface area contributed by atoms with Gasteiger partial charge in [-0.05, 0) is 24.3 Å². The zero-order valence-corrected chi connectivity index (χ0v) is 13.4. The second-order valence-corrected chi connectivity index (χ2v) is 5.47. The van der Waals surface area contributed by atoms with Gasteiger partial charge in [0.1, 0.15) is 12.2 Å². The molecule has 8 heteroatoms. The summed E-state index contributed by atoms with van der Waals surface area (Å²) in [4.78, 5) is 22.9. The highest BCUT2D eigenvalue weighted by molar-refractivity contribution is 7.99. The fourth-order valence-electron chi connectivity index (χ4n) is 1.62. The number of hydrogen-bond acceptors (Lipinski definition) is 6. The average Bonchev–Trinajstić information content (AvgIpc) is 3.02. The first-order chi connectivity index (χ1) is 11.7. The Morgan fingerprint density at radius 1 is 1.21 bits per heavy atom. The molecule has 0 radical (unpaired) electrons. The molecule has 0 bridgehead atoms. The van der Waals surface area contributed by atoms with Gasteiger partial charge in [0.05, 0.1) is 18.0 Å². The van der Waals surface area contributed by atoms with E-state index in [0.29, 0.717) is 10.9 Å². The molecule has 0 fully saturated rings. The lowest BCUT2D eigenvalue weighted by Gasteiger charge is -2.03. The van der Waals surface area contributed by atoms with Crippen molar-refractivity contribution in [2.45, 2.75) is 11.5 Å². The lowest BCUT2D eigenvalue weighted by molar-refractivity contribution is -0.120. The third kappa shape index (κ3) is 5.98. The Labute approximate surface area is 142 Å². The molecule has 1 aromatic carbocycles. The van der Waals surface area contributed by atoms with Crippen LogP contribution in [-0.4, -0.2) is 23.8 Å². The lowest BCUT2D eigenvalue weighted by atomic mass is 10.3. The van der Waals surface area contributed by atoms with E-state index in [4.69, 9.17) is 9.68 Å². The van der Waals surface area contributed by atoms with Crippen molar-refractivity contribution in [3.05, 3.63) is 48.2 Å². The van der Waals surface area contributed by atoms with Crippen molar-refractivity contribution in [1.29, 1.82) is 5.26 Å². The molecule has 7 nitrogen and oxygen atoms in total. The Morgan fingerprint density at radius 3 is 2.75 bits per heavy atom. The smallest absolute Gasteiger partial charge is 0.254 e. The molecule has 24 heavy (non-hydrogen) atoms. The Bertz CT molecular complexity index is 765. The number of hydrogen-bond donors (Lipinski definition) is 2. The monoisotopic (exact) mass is 342 g/mol. The van der Waals surface area contributed by atoms with E-state index in [9.17, 15) is 9.59 Å². The number of hydrazone groups is 1. The highest BCUT2D eigenvalue weighted by Crippen LogP contribution is 2.20. The van der Waals surface area contributed by atoms with Crippen molar-refractivity contribution in [2.75, 3.05) is 11.1 Å². The van der Waals surface area contributed by atoms with E-state index in [-0.39, 0.29) is 18.1 Å². The summed E-state index contributed by atoms with van der Waals surface area (Å²) in [5.74, 6) is 0.00467. The fraction of sp³-hybridized carbons (Fsp3) is 0.125. The number of rotatable bonds is 7. The molecule has 122 valence electrons. The Balaban J connectivity index is 1.77. The van der Waals surface area contributed by atoms with E-state index in [0.717, 1.165) is 5.69 Å². The molecule has 0 saturated carbocycles. The number of nitriles is 1.